The lowest BCUT2D eigenvalue weighted by Gasteiger charge is -2.08. The molecule has 2 aromatic rings. The summed E-state index contributed by atoms with van der Waals surface area (Å²) in [7, 11) is 1.92. The molecule has 1 aromatic carbocycles. The van der Waals surface area contributed by atoms with E-state index in [0.717, 1.165) is 28.0 Å². The Bertz CT molecular complexity index is 621. The summed E-state index contributed by atoms with van der Waals surface area (Å²) in [5.41, 5.74) is 9.69. The maximum atomic E-state index is 5.62. The van der Waals surface area contributed by atoms with Gasteiger partial charge in [-0.1, -0.05) is 12.2 Å². The third kappa shape index (κ3) is 3.33. The van der Waals surface area contributed by atoms with Crippen LogP contribution in [0.4, 0.5) is 5.69 Å². The molecule has 0 fully saturated rings. The van der Waals surface area contributed by atoms with Gasteiger partial charge in [-0.05, 0) is 41.1 Å². The molecule has 0 atom stereocenters. The van der Waals surface area contributed by atoms with Crippen molar-refractivity contribution in [2.75, 3.05) is 5.32 Å². The van der Waals surface area contributed by atoms with E-state index in [0.29, 0.717) is 4.99 Å². The number of hydrogen-bond acceptors (Lipinski definition) is 3. The third-order valence-electron chi connectivity index (χ3n) is 2.83. The first-order valence-corrected chi connectivity index (χ1v) is 7.00. The quantitative estimate of drug-likeness (QED) is 0.841. The van der Waals surface area contributed by atoms with Gasteiger partial charge in [0.25, 0.3) is 0 Å². The Morgan fingerprint density at radius 2 is 2.26 bits per heavy atom. The van der Waals surface area contributed by atoms with Crippen molar-refractivity contribution >= 4 is 38.8 Å². The highest BCUT2D eigenvalue weighted by molar-refractivity contribution is 9.10. The van der Waals surface area contributed by atoms with Gasteiger partial charge in [-0.25, -0.2) is 0 Å². The van der Waals surface area contributed by atoms with Gasteiger partial charge < -0.3 is 11.1 Å². The van der Waals surface area contributed by atoms with Crippen LogP contribution in [0, 0.1) is 6.92 Å². The molecule has 0 radical (unpaired) electrons. The molecule has 19 heavy (non-hydrogen) atoms. The van der Waals surface area contributed by atoms with Crippen molar-refractivity contribution in [1.82, 2.24) is 9.78 Å². The highest BCUT2D eigenvalue weighted by atomic mass is 79.9. The fourth-order valence-corrected chi connectivity index (χ4v) is 2.75. The molecule has 0 aliphatic heterocycles. The largest absolute Gasteiger partial charge is 0.389 e. The number of aromatic nitrogens is 2. The highest BCUT2D eigenvalue weighted by Gasteiger charge is 2.05. The summed E-state index contributed by atoms with van der Waals surface area (Å²) in [4.78, 5) is 0.390. The van der Waals surface area contributed by atoms with Gasteiger partial charge in [0.15, 0.2) is 0 Å². The molecule has 0 aliphatic carbocycles. The molecule has 6 heteroatoms. The van der Waals surface area contributed by atoms with Crippen LogP contribution in [-0.2, 0) is 13.6 Å². The van der Waals surface area contributed by atoms with E-state index in [1.165, 1.54) is 5.56 Å². The van der Waals surface area contributed by atoms with E-state index in [-0.39, 0.29) is 0 Å². The Kier molecular flexibility index (Phi) is 4.21. The first-order valence-electron chi connectivity index (χ1n) is 5.79. The fourth-order valence-electron chi connectivity index (χ4n) is 1.84. The zero-order valence-corrected chi connectivity index (χ0v) is 13.2. The summed E-state index contributed by atoms with van der Waals surface area (Å²) >= 11 is 8.44. The second-order valence-corrected chi connectivity index (χ2v) is 5.62. The molecule has 0 bridgehead atoms. The molecule has 4 nitrogen and oxygen atoms in total. The van der Waals surface area contributed by atoms with E-state index in [9.17, 15) is 0 Å². The molecule has 0 spiro atoms. The second-order valence-electron chi connectivity index (χ2n) is 4.33. The van der Waals surface area contributed by atoms with Gasteiger partial charge in [0.05, 0.1) is 5.69 Å². The monoisotopic (exact) mass is 338 g/mol. The number of aryl methyl sites for hydroxylation is 2. The standard InChI is InChI=1S/C13H15BrN4S/c1-8-9(7-18(2)17-8)6-16-10-3-4-11(13(15)19)12(14)5-10/h3-5,7,16H,6H2,1-2H3,(H2,15,19). The second kappa shape index (κ2) is 5.71. The first-order chi connectivity index (χ1) is 8.97. The Labute approximate surface area is 126 Å². The van der Waals surface area contributed by atoms with Gasteiger partial charge in [-0.2, -0.15) is 5.10 Å². The van der Waals surface area contributed by atoms with Crippen LogP contribution in [0.15, 0.2) is 28.9 Å². The van der Waals surface area contributed by atoms with Crippen LogP contribution in [0.1, 0.15) is 16.8 Å². The van der Waals surface area contributed by atoms with Gasteiger partial charge in [0.2, 0.25) is 0 Å². The van der Waals surface area contributed by atoms with Crippen LogP contribution in [0.3, 0.4) is 0 Å². The van der Waals surface area contributed by atoms with Crippen LogP contribution < -0.4 is 11.1 Å². The van der Waals surface area contributed by atoms with E-state index in [4.69, 9.17) is 18.0 Å². The molecule has 2 rings (SSSR count). The average Bonchev–Trinajstić information content (AvgIpc) is 2.65. The zero-order valence-electron chi connectivity index (χ0n) is 10.8. The lowest BCUT2D eigenvalue weighted by Crippen LogP contribution is -2.10. The molecule has 3 N–H and O–H groups in total. The van der Waals surface area contributed by atoms with Gasteiger partial charge in [-0.3, -0.25) is 4.68 Å². The van der Waals surface area contributed by atoms with Crippen LogP contribution in [0.2, 0.25) is 0 Å². The molecule has 0 saturated carbocycles. The minimum absolute atomic E-state index is 0.390. The Balaban J connectivity index is 2.10. The first kappa shape index (κ1) is 14.0. The third-order valence-corrected chi connectivity index (χ3v) is 3.71. The number of hydrogen-bond donors (Lipinski definition) is 2. The Hall–Kier alpha value is -1.40. The fraction of sp³-hybridized carbons (Fsp3) is 0.231. The number of thiocarbonyl (C=S) groups is 1. The summed E-state index contributed by atoms with van der Waals surface area (Å²) in [6.45, 7) is 2.74. The summed E-state index contributed by atoms with van der Waals surface area (Å²) in [5, 5.41) is 7.67. The summed E-state index contributed by atoms with van der Waals surface area (Å²) < 4.78 is 2.71. The van der Waals surface area contributed by atoms with Crippen LogP contribution >= 0.6 is 28.1 Å². The lowest BCUT2D eigenvalue weighted by molar-refractivity contribution is 0.756. The Morgan fingerprint density at radius 3 is 2.79 bits per heavy atom. The topological polar surface area (TPSA) is 55.9 Å². The number of benzene rings is 1. The highest BCUT2D eigenvalue weighted by Crippen LogP contribution is 2.22. The predicted octanol–water partition coefficient (Wildman–Crippen LogP) is 2.74. The van der Waals surface area contributed by atoms with E-state index < -0.39 is 0 Å². The molecule has 1 heterocycles. The molecule has 1 aromatic heterocycles. The number of rotatable bonds is 4. The van der Waals surface area contributed by atoms with Crippen molar-refractivity contribution in [3.05, 3.63) is 45.7 Å². The molecule has 0 unspecified atom stereocenters. The van der Waals surface area contributed by atoms with Crippen molar-refractivity contribution in [3.63, 3.8) is 0 Å². The van der Waals surface area contributed by atoms with Gasteiger partial charge in [0, 0.05) is 41.1 Å². The SMILES string of the molecule is Cc1nn(C)cc1CNc1ccc(C(N)=S)c(Br)c1. The van der Waals surface area contributed by atoms with Gasteiger partial charge in [-0.15, -0.1) is 0 Å². The summed E-state index contributed by atoms with van der Waals surface area (Å²) in [6.07, 6.45) is 2.01. The van der Waals surface area contributed by atoms with Crippen molar-refractivity contribution in [1.29, 1.82) is 0 Å². The molecule has 0 amide bonds. The maximum Gasteiger partial charge on any atom is 0.105 e. The number of anilines is 1. The summed E-state index contributed by atoms with van der Waals surface area (Å²) in [5.74, 6) is 0. The normalized spacial score (nSPS) is 10.5. The number of nitrogens with zero attached hydrogens (tertiary/aromatic N) is 2. The van der Waals surface area contributed by atoms with E-state index >= 15 is 0 Å². The van der Waals surface area contributed by atoms with Crippen molar-refractivity contribution in [3.8, 4) is 0 Å². The van der Waals surface area contributed by atoms with E-state index in [1.807, 2.05) is 43.0 Å². The van der Waals surface area contributed by atoms with Crippen molar-refractivity contribution in [2.24, 2.45) is 12.8 Å². The lowest BCUT2D eigenvalue weighted by atomic mass is 10.2. The number of nitrogens with two attached hydrogens (primary N) is 1. The van der Waals surface area contributed by atoms with Crippen LogP contribution in [0.25, 0.3) is 0 Å². The molecular formula is C13H15BrN4S. The molecule has 0 aliphatic rings. The van der Waals surface area contributed by atoms with E-state index in [1.54, 1.807) is 0 Å². The molecular weight excluding hydrogens is 324 g/mol. The van der Waals surface area contributed by atoms with Gasteiger partial charge >= 0.3 is 0 Å². The molecule has 100 valence electrons. The zero-order chi connectivity index (χ0) is 14.0. The van der Waals surface area contributed by atoms with Crippen LogP contribution in [-0.4, -0.2) is 14.8 Å². The van der Waals surface area contributed by atoms with Gasteiger partial charge in [0.1, 0.15) is 4.99 Å². The molecule has 0 saturated heterocycles. The number of halogens is 1. The smallest absolute Gasteiger partial charge is 0.105 e. The predicted molar refractivity (Wildman–Crippen MR) is 85.3 cm³/mol. The van der Waals surface area contributed by atoms with Crippen molar-refractivity contribution < 1.29 is 0 Å². The average molecular weight is 339 g/mol. The minimum Gasteiger partial charge on any atom is -0.389 e. The van der Waals surface area contributed by atoms with Crippen molar-refractivity contribution in [2.45, 2.75) is 13.5 Å². The minimum atomic E-state index is 0.390. The van der Waals surface area contributed by atoms with Crippen LogP contribution in [0.5, 0.6) is 0 Å². The van der Waals surface area contributed by atoms with E-state index in [2.05, 4.69) is 26.3 Å². The Morgan fingerprint density at radius 1 is 1.53 bits per heavy atom. The summed E-state index contributed by atoms with van der Waals surface area (Å²) in [6, 6.07) is 5.84. The number of nitrogens with one attached hydrogen (secondary N) is 1. The maximum absolute atomic E-state index is 5.62.